The van der Waals surface area contributed by atoms with Crippen molar-refractivity contribution in [2.24, 2.45) is 0 Å². The summed E-state index contributed by atoms with van der Waals surface area (Å²) >= 11 is 11.9. The Morgan fingerprint density at radius 3 is 1.34 bits per heavy atom. The molecule has 0 aliphatic carbocycles. The number of hydrogen-bond donors (Lipinski definition) is 0. The van der Waals surface area contributed by atoms with Crippen LogP contribution in [0.4, 0.5) is 35.1 Å². The molecule has 0 aliphatic rings. The van der Waals surface area contributed by atoms with Crippen molar-refractivity contribution >= 4 is 46.7 Å². The van der Waals surface area contributed by atoms with Gasteiger partial charge in [0.2, 0.25) is 0 Å². The Kier molecular flexibility index (Phi) is 7.86. The average Bonchev–Trinajstić information content (AvgIpc) is 2.55. The van der Waals surface area contributed by atoms with Gasteiger partial charge >= 0.3 is 12.4 Å². The van der Waals surface area contributed by atoms with Crippen molar-refractivity contribution in [2.45, 2.75) is 22.1 Å². The molecule has 0 saturated carbocycles. The van der Waals surface area contributed by atoms with Gasteiger partial charge in [0.25, 0.3) is 0 Å². The molecule has 0 aromatic heterocycles. The van der Waals surface area contributed by atoms with Crippen molar-refractivity contribution < 1.29 is 39.9 Å². The van der Waals surface area contributed by atoms with Crippen LogP contribution in [-0.2, 0) is 0 Å². The standard InChI is InChI=1S/C16H8Cl2F8OS2/c17-7-1-9(19)11(3-13(7)28-5-15(21,22)23)27-12-4-14(8(18)2-10(12)20)29-6-16(24,25)26/h1-4H,5-6H2. The first-order chi connectivity index (χ1) is 13.2. The fourth-order valence-corrected chi connectivity index (χ4v) is 3.88. The first kappa shape index (κ1) is 24.2. The summed E-state index contributed by atoms with van der Waals surface area (Å²) < 4.78 is 107. The third-order valence-electron chi connectivity index (χ3n) is 2.98. The molecule has 13 heteroatoms. The monoisotopic (exact) mass is 502 g/mol. The summed E-state index contributed by atoms with van der Waals surface area (Å²) in [5.74, 6) is -6.16. The van der Waals surface area contributed by atoms with Crippen molar-refractivity contribution in [2.75, 3.05) is 11.5 Å². The number of halogens is 10. The van der Waals surface area contributed by atoms with Gasteiger partial charge in [0, 0.05) is 9.79 Å². The highest BCUT2D eigenvalue weighted by Crippen LogP contribution is 2.40. The molecule has 29 heavy (non-hydrogen) atoms. The molecular formula is C16H8Cl2F8OS2. The van der Waals surface area contributed by atoms with Gasteiger partial charge in [-0.3, -0.25) is 0 Å². The fourth-order valence-electron chi connectivity index (χ4n) is 1.84. The molecule has 0 saturated heterocycles. The van der Waals surface area contributed by atoms with Gasteiger partial charge in [0.05, 0.1) is 21.6 Å². The van der Waals surface area contributed by atoms with E-state index in [1.54, 1.807) is 0 Å². The maximum Gasteiger partial charge on any atom is 0.398 e. The van der Waals surface area contributed by atoms with E-state index in [1.807, 2.05) is 0 Å². The molecule has 0 radical (unpaired) electrons. The summed E-state index contributed by atoms with van der Waals surface area (Å²) in [6.07, 6.45) is -9.04. The van der Waals surface area contributed by atoms with Crippen LogP contribution in [0.25, 0.3) is 0 Å². The maximum absolute atomic E-state index is 14.1. The van der Waals surface area contributed by atoms with E-state index in [0.29, 0.717) is 12.1 Å². The quantitative estimate of drug-likeness (QED) is 0.290. The third-order valence-corrected chi connectivity index (χ3v) is 6.07. The molecule has 2 aromatic rings. The lowest BCUT2D eigenvalue weighted by atomic mass is 10.3. The van der Waals surface area contributed by atoms with Gasteiger partial charge in [-0.15, -0.1) is 23.5 Å². The minimum atomic E-state index is -4.52. The lowest BCUT2D eigenvalue weighted by Crippen LogP contribution is -2.10. The van der Waals surface area contributed by atoms with E-state index >= 15 is 0 Å². The van der Waals surface area contributed by atoms with Crippen LogP contribution in [0, 0.1) is 11.6 Å². The molecule has 0 fully saturated rings. The van der Waals surface area contributed by atoms with Crippen LogP contribution in [0.15, 0.2) is 34.1 Å². The molecule has 0 unspecified atom stereocenters. The Labute approximate surface area is 177 Å². The zero-order valence-corrected chi connectivity index (χ0v) is 16.9. The second-order valence-electron chi connectivity index (χ2n) is 5.34. The fraction of sp³-hybridized carbons (Fsp3) is 0.250. The average molecular weight is 503 g/mol. The SMILES string of the molecule is Fc1cc(Cl)c(SCC(F)(F)F)cc1Oc1cc(SCC(F)(F)F)c(Cl)cc1F. The summed E-state index contributed by atoms with van der Waals surface area (Å²) in [5.41, 5.74) is 0. The van der Waals surface area contributed by atoms with Crippen LogP contribution in [0.3, 0.4) is 0 Å². The largest absolute Gasteiger partial charge is 0.451 e. The third kappa shape index (κ3) is 7.62. The predicted molar refractivity (Wildman–Crippen MR) is 96.5 cm³/mol. The van der Waals surface area contributed by atoms with Crippen molar-refractivity contribution in [3.63, 3.8) is 0 Å². The van der Waals surface area contributed by atoms with Gasteiger partial charge in [0.15, 0.2) is 23.1 Å². The van der Waals surface area contributed by atoms with E-state index in [9.17, 15) is 35.1 Å². The topological polar surface area (TPSA) is 9.23 Å². The normalized spacial score (nSPS) is 12.3. The van der Waals surface area contributed by atoms with Crippen LogP contribution >= 0.6 is 46.7 Å². The number of benzene rings is 2. The minimum absolute atomic E-state index is 0.179. The van der Waals surface area contributed by atoms with E-state index in [1.165, 1.54) is 0 Å². The Morgan fingerprint density at radius 2 is 1.03 bits per heavy atom. The maximum atomic E-state index is 14.1. The Bertz CT molecular complexity index is 815. The smallest absolute Gasteiger partial charge is 0.398 e. The Morgan fingerprint density at radius 1 is 0.690 bits per heavy atom. The molecular weight excluding hydrogens is 495 g/mol. The highest BCUT2D eigenvalue weighted by molar-refractivity contribution is 7.99. The Hall–Kier alpha value is -1.04. The van der Waals surface area contributed by atoms with Gasteiger partial charge < -0.3 is 4.74 Å². The minimum Gasteiger partial charge on any atom is -0.451 e. The summed E-state index contributed by atoms with van der Waals surface area (Å²) in [6, 6.07) is 3.04. The molecule has 0 N–H and O–H groups in total. The molecule has 0 amide bonds. The number of rotatable bonds is 6. The van der Waals surface area contributed by atoms with Gasteiger partial charge in [0.1, 0.15) is 0 Å². The second-order valence-corrected chi connectivity index (χ2v) is 8.18. The summed E-state index contributed by atoms with van der Waals surface area (Å²) in [7, 11) is 0. The van der Waals surface area contributed by atoms with Gasteiger partial charge in [-0.05, 0) is 24.3 Å². The van der Waals surface area contributed by atoms with E-state index in [0.717, 1.165) is 12.1 Å². The van der Waals surface area contributed by atoms with Gasteiger partial charge in [-0.2, -0.15) is 26.3 Å². The van der Waals surface area contributed by atoms with Gasteiger partial charge in [-0.1, -0.05) is 23.2 Å². The van der Waals surface area contributed by atoms with Gasteiger partial charge in [-0.25, -0.2) is 8.78 Å². The van der Waals surface area contributed by atoms with Crippen molar-refractivity contribution in [1.82, 2.24) is 0 Å². The molecule has 0 bridgehead atoms. The van der Waals surface area contributed by atoms with E-state index < -0.39 is 47.0 Å². The predicted octanol–water partition coefficient (Wildman–Crippen LogP) is 8.37. The lowest BCUT2D eigenvalue weighted by Gasteiger charge is -2.14. The van der Waals surface area contributed by atoms with E-state index in [4.69, 9.17) is 27.9 Å². The first-order valence-corrected chi connectivity index (χ1v) is 10.0. The molecule has 0 spiro atoms. The van der Waals surface area contributed by atoms with Crippen LogP contribution in [0.1, 0.15) is 0 Å². The second kappa shape index (κ2) is 9.40. The van der Waals surface area contributed by atoms with Crippen LogP contribution in [0.5, 0.6) is 11.5 Å². The first-order valence-electron chi connectivity index (χ1n) is 7.30. The highest BCUT2D eigenvalue weighted by Gasteiger charge is 2.29. The highest BCUT2D eigenvalue weighted by atomic mass is 35.5. The molecule has 0 atom stereocenters. The van der Waals surface area contributed by atoms with E-state index in [-0.39, 0.29) is 43.4 Å². The zero-order chi connectivity index (χ0) is 22.0. The zero-order valence-electron chi connectivity index (χ0n) is 13.7. The molecule has 2 aromatic carbocycles. The van der Waals surface area contributed by atoms with Crippen LogP contribution in [-0.4, -0.2) is 23.9 Å². The molecule has 2 rings (SSSR count). The van der Waals surface area contributed by atoms with Crippen LogP contribution in [0.2, 0.25) is 10.0 Å². The number of alkyl halides is 6. The van der Waals surface area contributed by atoms with Crippen molar-refractivity contribution in [3.05, 3.63) is 45.9 Å². The summed E-state index contributed by atoms with van der Waals surface area (Å²) in [6.45, 7) is 0. The number of ether oxygens (including phenoxy) is 1. The number of thioether (sulfide) groups is 2. The molecule has 1 nitrogen and oxygen atoms in total. The molecule has 0 heterocycles. The summed E-state index contributed by atoms with van der Waals surface area (Å²) in [4.78, 5) is -0.358. The summed E-state index contributed by atoms with van der Waals surface area (Å²) in [5, 5.41) is -0.635. The van der Waals surface area contributed by atoms with Crippen molar-refractivity contribution in [3.8, 4) is 11.5 Å². The lowest BCUT2D eigenvalue weighted by molar-refractivity contribution is -0.106. The molecule has 0 aliphatic heterocycles. The van der Waals surface area contributed by atoms with E-state index in [2.05, 4.69) is 0 Å². The molecule has 160 valence electrons. The Balaban J connectivity index is 2.30. The number of hydrogen-bond acceptors (Lipinski definition) is 3. The van der Waals surface area contributed by atoms with Crippen LogP contribution < -0.4 is 4.74 Å². The van der Waals surface area contributed by atoms with Crippen molar-refractivity contribution in [1.29, 1.82) is 0 Å².